The van der Waals surface area contributed by atoms with E-state index in [2.05, 4.69) is 15.3 Å². The lowest BCUT2D eigenvalue weighted by Gasteiger charge is -2.08. The third-order valence-corrected chi connectivity index (χ3v) is 4.60. The number of aromatic nitrogens is 2. The third kappa shape index (κ3) is 3.14. The minimum atomic E-state index is -3.73. The molecule has 112 valence electrons. The Balaban J connectivity index is 1.96. The number of hydrogen-bond acceptors (Lipinski definition) is 5. The maximum atomic E-state index is 11.2. The van der Waals surface area contributed by atoms with Crippen LogP contribution in [0.4, 0.5) is 11.5 Å². The minimum absolute atomic E-state index is 0.0408. The van der Waals surface area contributed by atoms with Crippen molar-refractivity contribution in [3.8, 4) is 0 Å². The van der Waals surface area contributed by atoms with Gasteiger partial charge in [0.25, 0.3) is 9.05 Å². The molecule has 22 heavy (non-hydrogen) atoms. The van der Waals surface area contributed by atoms with Crippen LogP contribution >= 0.6 is 22.3 Å². The first-order chi connectivity index (χ1) is 10.4. The molecule has 1 heterocycles. The van der Waals surface area contributed by atoms with Crippen molar-refractivity contribution in [2.45, 2.75) is 4.90 Å². The van der Waals surface area contributed by atoms with Crippen LogP contribution in [0, 0.1) is 0 Å². The lowest BCUT2D eigenvalue weighted by Crippen LogP contribution is -1.97. The summed E-state index contributed by atoms with van der Waals surface area (Å²) in [7, 11) is 1.56. The highest BCUT2D eigenvalue weighted by molar-refractivity contribution is 8.13. The molecule has 0 spiro atoms. The van der Waals surface area contributed by atoms with Crippen molar-refractivity contribution >= 4 is 53.7 Å². The fraction of sp³-hybridized carbons (Fsp3) is 0. The quantitative estimate of drug-likeness (QED) is 0.721. The Labute approximate surface area is 136 Å². The molecule has 0 aliphatic rings. The van der Waals surface area contributed by atoms with Gasteiger partial charge in [0.15, 0.2) is 0 Å². The van der Waals surface area contributed by atoms with Gasteiger partial charge in [-0.05, 0) is 42.5 Å². The molecular formula is C14H9Cl2N3O2S. The number of benzene rings is 2. The zero-order chi connectivity index (χ0) is 15.7. The van der Waals surface area contributed by atoms with Crippen LogP contribution in [0.3, 0.4) is 0 Å². The smallest absolute Gasteiger partial charge is 0.261 e. The Kier molecular flexibility index (Phi) is 3.90. The lowest BCUT2D eigenvalue weighted by molar-refractivity contribution is 0.609. The average Bonchev–Trinajstić information content (AvgIpc) is 2.47. The van der Waals surface area contributed by atoms with Crippen molar-refractivity contribution in [1.82, 2.24) is 9.97 Å². The number of nitrogens with zero attached hydrogens (tertiary/aromatic N) is 2. The second-order valence-corrected chi connectivity index (χ2v) is 7.47. The highest BCUT2D eigenvalue weighted by atomic mass is 35.7. The van der Waals surface area contributed by atoms with E-state index in [0.29, 0.717) is 22.0 Å². The van der Waals surface area contributed by atoms with Crippen LogP contribution in [0.15, 0.2) is 53.7 Å². The summed E-state index contributed by atoms with van der Waals surface area (Å²) in [6.45, 7) is 0. The van der Waals surface area contributed by atoms with Gasteiger partial charge < -0.3 is 5.32 Å². The number of anilines is 2. The van der Waals surface area contributed by atoms with Gasteiger partial charge in [0.1, 0.15) is 12.1 Å². The van der Waals surface area contributed by atoms with E-state index in [-0.39, 0.29) is 4.90 Å². The second kappa shape index (κ2) is 5.72. The van der Waals surface area contributed by atoms with Crippen LogP contribution in [0.2, 0.25) is 5.02 Å². The molecule has 3 rings (SSSR count). The average molecular weight is 354 g/mol. The van der Waals surface area contributed by atoms with Gasteiger partial charge in [-0.1, -0.05) is 11.6 Å². The largest absolute Gasteiger partial charge is 0.340 e. The summed E-state index contributed by atoms with van der Waals surface area (Å²) in [6.07, 6.45) is 1.43. The van der Waals surface area contributed by atoms with Crippen LogP contribution in [0.25, 0.3) is 10.9 Å². The Bertz CT molecular complexity index is 944. The monoisotopic (exact) mass is 353 g/mol. The molecule has 0 aliphatic carbocycles. The maximum Gasteiger partial charge on any atom is 0.261 e. The van der Waals surface area contributed by atoms with Crippen LogP contribution in [0.5, 0.6) is 0 Å². The molecule has 5 nitrogen and oxygen atoms in total. The number of fused-ring (bicyclic) bond motifs is 1. The van der Waals surface area contributed by atoms with Gasteiger partial charge in [0.2, 0.25) is 0 Å². The Morgan fingerprint density at radius 2 is 1.73 bits per heavy atom. The van der Waals surface area contributed by atoms with E-state index in [0.717, 1.165) is 5.39 Å². The molecule has 0 bridgehead atoms. The minimum Gasteiger partial charge on any atom is -0.340 e. The molecule has 0 fully saturated rings. The molecule has 0 radical (unpaired) electrons. The Hall–Kier alpha value is -1.89. The highest BCUT2D eigenvalue weighted by Gasteiger charge is 2.10. The first kappa shape index (κ1) is 15.0. The summed E-state index contributed by atoms with van der Waals surface area (Å²) in [5.74, 6) is 0.600. The summed E-state index contributed by atoms with van der Waals surface area (Å²) in [6, 6.07) is 11.4. The van der Waals surface area contributed by atoms with Crippen molar-refractivity contribution in [1.29, 1.82) is 0 Å². The predicted octanol–water partition coefficient (Wildman–Crippen LogP) is 3.95. The molecule has 1 aromatic heterocycles. The van der Waals surface area contributed by atoms with E-state index < -0.39 is 9.05 Å². The van der Waals surface area contributed by atoms with E-state index in [4.69, 9.17) is 22.3 Å². The van der Waals surface area contributed by atoms with Gasteiger partial charge >= 0.3 is 0 Å². The van der Waals surface area contributed by atoms with Crippen molar-refractivity contribution in [2.75, 3.05) is 5.32 Å². The molecule has 0 saturated carbocycles. The summed E-state index contributed by atoms with van der Waals surface area (Å²) in [5.41, 5.74) is 1.39. The molecule has 0 atom stereocenters. The first-order valence-electron chi connectivity index (χ1n) is 6.15. The van der Waals surface area contributed by atoms with Gasteiger partial charge in [0, 0.05) is 26.8 Å². The van der Waals surface area contributed by atoms with Crippen molar-refractivity contribution < 1.29 is 8.42 Å². The lowest BCUT2D eigenvalue weighted by atomic mass is 10.2. The highest BCUT2D eigenvalue weighted by Crippen LogP contribution is 2.26. The maximum absolute atomic E-state index is 11.2. The summed E-state index contributed by atoms with van der Waals surface area (Å²) >= 11 is 5.94. The van der Waals surface area contributed by atoms with E-state index in [1.807, 2.05) is 6.07 Å². The standard InChI is InChI=1S/C14H9Cl2N3O2S/c15-9-1-6-12-13(7-9)17-8-18-14(12)19-10-2-4-11(5-3-10)22(16,20)21/h1-8H,(H,17,18,19). The Morgan fingerprint density at radius 1 is 1.00 bits per heavy atom. The van der Waals surface area contributed by atoms with E-state index in [1.165, 1.54) is 18.5 Å². The van der Waals surface area contributed by atoms with E-state index in [9.17, 15) is 8.42 Å². The third-order valence-electron chi connectivity index (χ3n) is 3.00. The summed E-state index contributed by atoms with van der Waals surface area (Å²) < 4.78 is 22.4. The van der Waals surface area contributed by atoms with Crippen LogP contribution in [0.1, 0.15) is 0 Å². The van der Waals surface area contributed by atoms with Gasteiger partial charge in [-0.3, -0.25) is 0 Å². The molecular weight excluding hydrogens is 345 g/mol. The zero-order valence-electron chi connectivity index (χ0n) is 11.0. The Morgan fingerprint density at radius 3 is 2.41 bits per heavy atom. The van der Waals surface area contributed by atoms with E-state index in [1.54, 1.807) is 24.3 Å². The number of rotatable bonds is 3. The number of halogens is 2. The molecule has 0 saturated heterocycles. The second-order valence-electron chi connectivity index (χ2n) is 4.47. The van der Waals surface area contributed by atoms with Crippen molar-refractivity contribution in [2.24, 2.45) is 0 Å². The molecule has 3 aromatic rings. The van der Waals surface area contributed by atoms with E-state index >= 15 is 0 Å². The predicted molar refractivity (Wildman–Crippen MR) is 87.3 cm³/mol. The SMILES string of the molecule is O=S(=O)(Cl)c1ccc(Nc2ncnc3cc(Cl)ccc23)cc1. The normalized spacial score (nSPS) is 11.5. The van der Waals surface area contributed by atoms with Gasteiger partial charge in [-0.2, -0.15) is 0 Å². The summed E-state index contributed by atoms with van der Waals surface area (Å²) in [4.78, 5) is 8.39. The van der Waals surface area contributed by atoms with Crippen molar-refractivity contribution in [3.63, 3.8) is 0 Å². The molecule has 2 aromatic carbocycles. The zero-order valence-corrected chi connectivity index (χ0v) is 13.3. The first-order valence-corrected chi connectivity index (χ1v) is 8.84. The number of hydrogen-bond donors (Lipinski definition) is 1. The molecule has 0 aliphatic heterocycles. The van der Waals surface area contributed by atoms with Gasteiger partial charge in [-0.15, -0.1) is 0 Å². The van der Waals surface area contributed by atoms with Crippen LogP contribution in [-0.2, 0) is 9.05 Å². The fourth-order valence-electron chi connectivity index (χ4n) is 1.97. The molecule has 0 amide bonds. The molecule has 1 N–H and O–H groups in total. The van der Waals surface area contributed by atoms with Crippen LogP contribution < -0.4 is 5.32 Å². The topological polar surface area (TPSA) is 72.0 Å². The van der Waals surface area contributed by atoms with Crippen molar-refractivity contribution in [3.05, 3.63) is 53.8 Å². The number of nitrogens with one attached hydrogen (secondary N) is 1. The van der Waals surface area contributed by atoms with Gasteiger partial charge in [0.05, 0.1) is 10.4 Å². The fourth-order valence-corrected chi connectivity index (χ4v) is 2.90. The summed E-state index contributed by atoms with van der Waals surface area (Å²) in [5, 5.41) is 4.51. The molecule has 0 unspecified atom stereocenters. The van der Waals surface area contributed by atoms with Gasteiger partial charge in [-0.25, -0.2) is 18.4 Å². The van der Waals surface area contributed by atoms with Crippen LogP contribution in [-0.4, -0.2) is 18.4 Å². The molecule has 8 heteroatoms.